The fourth-order valence-corrected chi connectivity index (χ4v) is 6.80. The second kappa shape index (κ2) is 15.7. The van der Waals surface area contributed by atoms with Gasteiger partial charge in [-0.25, -0.2) is 0 Å². The first-order valence-electron chi connectivity index (χ1n) is 18.3. The molecule has 4 nitrogen and oxygen atoms in total. The van der Waals surface area contributed by atoms with Gasteiger partial charge in [-0.15, -0.1) is 0 Å². The zero-order chi connectivity index (χ0) is 36.7. The van der Waals surface area contributed by atoms with Gasteiger partial charge in [0.1, 0.15) is 0 Å². The highest BCUT2D eigenvalue weighted by Gasteiger charge is 2.14. The molecule has 8 aromatic carbocycles. The van der Waals surface area contributed by atoms with Crippen LogP contribution >= 0.6 is 0 Å². The number of rotatable bonds is 11. The van der Waals surface area contributed by atoms with Crippen molar-refractivity contribution in [1.82, 2.24) is 0 Å². The standard InChI is InChI=1S/C50H42N4/c1-37-11-9-17-49(35-37)53(45-13-5-3-6-14-45)47-31-27-43(28-32-47)51-41-23-19-39(20-24-41)40-21-25-42(26-22-40)52-44-29-33-48(34-30-44)54(46-15-7-4-8-16-46)50-18-10-12-38(2)36-50/h3-36,51-52H,1-2H3. The van der Waals surface area contributed by atoms with Crippen molar-refractivity contribution >= 4 is 56.9 Å². The number of aryl methyl sites for hydroxylation is 2. The van der Waals surface area contributed by atoms with Crippen LogP contribution in [0.4, 0.5) is 56.9 Å². The van der Waals surface area contributed by atoms with Crippen LogP contribution < -0.4 is 20.4 Å². The van der Waals surface area contributed by atoms with E-state index >= 15 is 0 Å². The van der Waals surface area contributed by atoms with Gasteiger partial charge in [-0.1, -0.05) is 84.9 Å². The molecule has 8 aromatic rings. The van der Waals surface area contributed by atoms with Crippen LogP contribution in [0, 0.1) is 13.8 Å². The molecule has 0 unspecified atom stereocenters. The monoisotopic (exact) mass is 698 g/mol. The molecule has 0 aliphatic carbocycles. The van der Waals surface area contributed by atoms with Crippen molar-refractivity contribution in [3.05, 3.63) is 217 Å². The first-order valence-corrected chi connectivity index (χ1v) is 18.3. The molecule has 0 amide bonds. The molecule has 0 fully saturated rings. The molecule has 0 saturated heterocycles. The van der Waals surface area contributed by atoms with Gasteiger partial charge < -0.3 is 20.4 Å². The maximum Gasteiger partial charge on any atom is 0.0464 e. The van der Waals surface area contributed by atoms with E-state index in [1.54, 1.807) is 0 Å². The van der Waals surface area contributed by atoms with Gasteiger partial charge in [0, 0.05) is 56.9 Å². The highest BCUT2D eigenvalue weighted by molar-refractivity contribution is 5.80. The summed E-state index contributed by atoms with van der Waals surface area (Å²) in [7, 11) is 0. The Balaban J connectivity index is 0.920. The van der Waals surface area contributed by atoms with E-state index in [2.05, 4.69) is 241 Å². The summed E-state index contributed by atoms with van der Waals surface area (Å²) >= 11 is 0. The Hall–Kier alpha value is -7.04. The highest BCUT2D eigenvalue weighted by atomic mass is 15.1. The first-order chi connectivity index (χ1) is 26.6. The molecule has 0 radical (unpaired) electrons. The third-order valence-electron chi connectivity index (χ3n) is 9.48. The first kappa shape index (κ1) is 34.1. The summed E-state index contributed by atoms with van der Waals surface area (Å²) in [5.74, 6) is 0. The summed E-state index contributed by atoms with van der Waals surface area (Å²) in [5.41, 5.74) is 15.7. The highest BCUT2D eigenvalue weighted by Crippen LogP contribution is 2.37. The van der Waals surface area contributed by atoms with Crippen LogP contribution in [0.5, 0.6) is 0 Å². The number of hydrogen-bond acceptors (Lipinski definition) is 4. The van der Waals surface area contributed by atoms with Gasteiger partial charge in [-0.2, -0.15) is 0 Å². The molecule has 0 bridgehead atoms. The fraction of sp³-hybridized carbons (Fsp3) is 0.0400. The predicted molar refractivity (Wildman–Crippen MR) is 230 cm³/mol. The Morgan fingerprint density at radius 3 is 0.907 bits per heavy atom. The van der Waals surface area contributed by atoms with Crippen molar-refractivity contribution in [3.63, 3.8) is 0 Å². The van der Waals surface area contributed by atoms with Gasteiger partial charge in [-0.05, 0) is 157 Å². The third kappa shape index (κ3) is 7.89. The molecular weight excluding hydrogens is 657 g/mol. The van der Waals surface area contributed by atoms with Crippen molar-refractivity contribution in [2.24, 2.45) is 0 Å². The maximum absolute atomic E-state index is 3.57. The minimum atomic E-state index is 1.04. The number of benzene rings is 8. The number of nitrogens with zero attached hydrogens (tertiary/aromatic N) is 2. The van der Waals surface area contributed by atoms with Crippen molar-refractivity contribution in [2.75, 3.05) is 20.4 Å². The Bertz CT molecular complexity index is 2250. The van der Waals surface area contributed by atoms with Crippen LogP contribution in [-0.4, -0.2) is 0 Å². The number of anilines is 10. The molecule has 4 heteroatoms. The largest absolute Gasteiger partial charge is 0.356 e. The van der Waals surface area contributed by atoms with Crippen LogP contribution in [0.15, 0.2) is 206 Å². The van der Waals surface area contributed by atoms with Crippen LogP contribution in [-0.2, 0) is 0 Å². The summed E-state index contributed by atoms with van der Waals surface area (Å²) < 4.78 is 0. The van der Waals surface area contributed by atoms with E-state index in [1.165, 1.54) is 22.3 Å². The molecule has 262 valence electrons. The molecule has 0 aromatic heterocycles. The molecule has 0 spiro atoms. The normalized spacial score (nSPS) is 10.8. The van der Waals surface area contributed by atoms with E-state index in [9.17, 15) is 0 Å². The third-order valence-corrected chi connectivity index (χ3v) is 9.48. The van der Waals surface area contributed by atoms with E-state index in [4.69, 9.17) is 0 Å². The number of para-hydroxylation sites is 2. The van der Waals surface area contributed by atoms with Gasteiger partial charge in [0.2, 0.25) is 0 Å². The van der Waals surface area contributed by atoms with E-state index in [0.717, 1.165) is 56.9 Å². The summed E-state index contributed by atoms with van der Waals surface area (Å²) in [6, 6.07) is 72.7. The van der Waals surface area contributed by atoms with Crippen LogP contribution in [0.1, 0.15) is 11.1 Å². The molecule has 0 saturated carbocycles. The predicted octanol–water partition coefficient (Wildman–Crippen LogP) is 14.4. The topological polar surface area (TPSA) is 30.5 Å². The Labute approximate surface area is 318 Å². The van der Waals surface area contributed by atoms with E-state index in [0.29, 0.717) is 0 Å². The smallest absolute Gasteiger partial charge is 0.0464 e. The van der Waals surface area contributed by atoms with Gasteiger partial charge in [0.25, 0.3) is 0 Å². The average Bonchev–Trinajstić information content (AvgIpc) is 3.21. The van der Waals surface area contributed by atoms with Crippen molar-refractivity contribution in [3.8, 4) is 11.1 Å². The van der Waals surface area contributed by atoms with Crippen molar-refractivity contribution in [2.45, 2.75) is 13.8 Å². The zero-order valence-electron chi connectivity index (χ0n) is 30.5. The quantitative estimate of drug-likeness (QED) is 0.141. The Morgan fingerprint density at radius 2 is 0.574 bits per heavy atom. The lowest BCUT2D eigenvalue weighted by molar-refractivity contribution is 1.27. The van der Waals surface area contributed by atoms with Crippen molar-refractivity contribution in [1.29, 1.82) is 0 Å². The number of hydrogen-bond donors (Lipinski definition) is 2. The van der Waals surface area contributed by atoms with Gasteiger partial charge in [0.05, 0.1) is 0 Å². The summed E-state index contributed by atoms with van der Waals surface area (Å²) in [6.07, 6.45) is 0. The van der Waals surface area contributed by atoms with Crippen LogP contribution in [0.2, 0.25) is 0 Å². The summed E-state index contributed by atoms with van der Waals surface area (Å²) in [6.45, 7) is 4.26. The Kier molecular flexibility index (Phi) is 9.90. The second-order valence-corrected chi connectivity index (χ2v) is 13.5. The van der Waals surface area contributed by atoms with Crippen molar-refractivity contribution < 1.29 is 0 Å². The SMILES string of the molecule is Cc1cccc(N(c2ccccc2)c2ccc(Nc3ccc(-c4ccc(Nc5ccc(N(c6ccccc6)c6cccc(C)c6)cc5)cc4)cc3)cc2)c1. The molecule has 0 atom stereocenters. The average molecular weight is 699 g/mol. The molecule has 0 aliphatic rings. The minimum absolute atomic E-state index is 1.04. The zero-order valence-corrected chi connectivity index (χ0v) is 30.5. The summed E-state index contributed by atoms with van der Waals surface area (Å²) in [5, 5.41) is 7.15. The summed E-state index contributed by atoms with van der Waals surface area (Å²) in [4.78, 5) is 4.57. The maximum atomic E-state index is 3.57. The fourth-order valence-electron chi connectivity index (χ4n) is 6.80. The van der Waals surface area contributed by atoms with E-state index < -0.39 is 0 Å². The second-order valence-electron chi connectivity index (χ2n) is 13.5. The van der Waals surface area contributed by atoms with Crippen LogP contribution in [0.25, 0.3) is 11.1 Å². The molecule has 8 rings (SSSR count). The van der Waals surface area contributed by atoms with E-state index in [-0.39, 0.29) is 0 Å². The van der Waals surface area contributed by atoms with Gasteiger partial charge in [-0.3, -0.25) is 0 Å². The van der Waals surface area contributed by atoms with Gasteiger partial charge >= 0.3 is 0 Å². The van der Waals surface area contributed by atoms with E-state index in [1.807, 2.05) is 0 Å². The van der Waals surface area contributed by atoms with Crippen LogP contribution in [0.3, 0.4) is 0 Å². The lowest BCUT2D eigenvalue weighted by Gasteiger charge is -2.26. The van der Waals surface area contributed by atoms with Gasteiger partial charge in [0.15, 0.2) is 0 Å². The Morgan fingerprint density at radius 1 is 0.278 bits per heavy atom. The molecule has 54 heavy (non-hydrogen) atoms. The molecule has 0 aliphatic heterocycles. The lowest BCUT2D eigenvalue weighted by atomic mass is 10.0. The molecule has 0 heterocycles. The molecule has 2 N–H and O–H groups in total. The lowest BCUT2D eigenvalue weighted by Crippen LogP contribution is -2.09. The minimum Gasteiger partial charge on any atom is -0.356 e. The molecular formula is C50H42N4. The number of nitrogens with one attached hydrogen (secondary N) is 2.